The van der Waals surface area contributed by atoms with E-state index >= 15 is 0 Å². The smallest absolute Gasteiger partial charge is 0.101 e. The van der Waals surface area contributed by atoms with Gasteiger partial charge < -0.3 is 10.4 Å². The average molecular weight is 244 g/mol. The fraction of sp³-hybridized carbons (Fsp3) is 0.154. The Morgan fingerprint density at radius 2 is 2.18 bits per heavy atom. The molecular formula is C13H12N2OS. The highest BCUT2D eigenvalue weighted by Crippen LogP contribution is 2.18. The van der Waals surface area contributed by atoms with Crippen molar-refractivity contribution in [3.05, 3.63) is 52.2 Å². The molecule has 1 unspecified atom stereocenters. The number of anilines is 1. The number of hydrogen-bond donors (Lipinski definition) is 2. The van der Waals surface area contributed by atoms with Gasteiger partial charge in [-0.1, -0.05) is 12.1 Å². The lowest BCUT2D eigenvalue weighted by Crippen LogP contribution is -2.12. The normalized spacial score (nSPS) is 11.8. The fourth-order valence-electron chi connectivity index (χ4n) is 1.52. The SMILES string of the molecule is N#Cc1ccccc1NCC(O)c1ccsc1. The summed E-state index contributed by atoms with van der Waals surface area (Å²) in [7, 11) is 0. The number of nitriles is 1. The number of hydrogen-bond acceptors (Lipinski definition) is 4. The molecule has 0 saturated heterocycles. The van der Waals surface area contributed by atoms with Crippen LogP contribution in [0.4, 0.5) is 5.69 Å². The van der Waals surface area contributed by atoms with E-state index in [0.29, 0.717) is 12.1 Å². The number of aliphatic hydroxyl groups excluding tert-OH is 1. The quantitative estimate of drug-likeness (QED) is 0.869. The minimum absolute atomic E-state index is 0.398. The predicted octanol–water partition coefficient (Wildman–Crippen LogP) is 2.77. The van der Waals surface area contributed by atoms with Gasteiger partial charge in [0.25, 0.3) is 0 Å². The number of rotatable bonds is 4. The van der Waals surface area contributed by atoms with Gasteiger partial charge in [0.15, 0.2) is 0 Å². The Bertz CT molecular complexity index is 516. The van der Waals surface area contributed by atoms with E-state index in [1.165, 1.54) is 0 Å². The number of para-hydroxylation sites is 1. The maximum atomic E-state index is 9.90. The van der Waals surface area contributed by atoms with Gasteiger partial charge in [0.1, 0.15) is 6.07 Å². The third kappa shape index (κ3) is 2.84. The summed E-state index contributed by atoms with van der Waals surface area (Å²) in [5, 5.41) is 25.7. The number of thiophene rings is 1. The minimum atomic E-state index is -0.548. The Morgan fingerprint density at radius 1 is 1.35 bits per heavy atom. The largest absolute Gasteiger partial charge is 0.387 e. The van der Waals surface area contributed by atoms with Crippen molar-refractivity contribution in [1.29, 1.82) is 5.26 Å². The number of nitrogens with one attached hydrogen (secondary N) is 1. The molecule has 1 heterocycles. The molecule has 0 saturated carbocycles. The Balaban J connectivity index is 2.01. The van der Waals surface area contributed by atoms with Crippen LogP contribution >= 0.6 is 11.3 Å². The monoisotopic (exact) mass is 244 g/mol. The van der Waals surface area contributed by atoms with Crippen LogP contribution in [-0.2, 0) is 0 Å². The Labute approximate surface area is 104 Å². The van der Waals surface area contributed by atoms with Crippen LogP contribution in [0, 0.1) is 11.3 Å². The molecule has 1 atom stereocenters. The van der Waals surface area contributed by atoms with Crippen molar-refractivity contribution < 1.29 is 5.11 Å². The van der Waals surface area contributed by atoms with Crippen LogP contribution in [0.1, 0.15) is 17.2 Å². The Hall–Kier alpha value is -1.83. The molecule has 0 radical (unpaired) electrons. The molecule has 2 rings (SSSR count). The van der Waals surface area contributed by atoms with Crippen molar-refractivity contribution in [1.82, 2.24) is 0 Å². The number of benzene rings is 1. The maximum Gasteiger partial charge on any atom is 0.101 e. The average Bonchev–Trinajstić information content (AvgIpc) is 2.90. The van der Waals surface area contributed by atoms with Gasteiger partial charge in [-0.25, -0.2) is 0 Å². The van der Waals surface area contributed by atoms with Gasteiger partial charge in [-0.3, -0.25) is 0 Å². The number of aliphatic hydroxyl groups is 1. The first-order valence-electron chi connectivity index (χ1n) is 5.24. The Kier molecular flexibility index (Phi) is 3.76. The zero-order valence-electron chi connectivity index (χ0n) is 9.13. The molecule has 0 fully saturated rings. The lowest BCUT2D eigenvalue weighted by atomic mass is 10.1. The molecule has 0 aliphatic carbocycles. The lowest BCUT2D eigenvalue weighted by Gasteiger charge is -2.12. The first-order chi connectivity index (χ1) is 8.31. The van der Waals surface area contributed by atoms with Crippen LogP contribution in [0.25, 0.3) is 0 Å². The van der Waals surface area contributed by atoms with Crippen molar-refractivity contribution in [3.63, 3.8) is 0 Å². The molecule has 2 aromatic rings. The van der Waals surface area contributed by atoms with Crippen molar-refractivity contribution in [2.45, 2.75) is 6.10 Å². The first-order valence-corrected chi connectivity index (χ1v) is 6.18. The fourth-order valence-corrected chi connectivity index (χ4v) is 2.23. The summed E-state index contributed by atoms with van der Waals surface area (Å²) in [5.41, 5.74) is 2.24. The molecule has 0 amide bonds. The standard InChI is InChI=1S/C13H12N2OS/c14-7-10-3-1-2-4-12(10)15-8-13(16)11-5-6-17-9-11/h1-6,9,13,15-16H,8H2. The van der Waals surface area contributed by atoms with E-state index in [2.05, 4.69) is 11.4 Å². The highest BCUT2D eigenvalue weighted by atomic mass is 32.1. The van der Waals surface area contributed by atoms with Gasteiger partial charge >= 0.3 is 0 Å². The maximum absolute atomic E-state index is 9.90. The minimum Gasteiger partial charge on any atom is -0.387 e. The van der Waals surface area contributed by atoms with Crippen molar-refractivity contribution in [2.75, 3.05) is 11.9 Å². The molecule has 4 heteroatoms. The summed E-state index contributed by atoms with van der Waals surface area (Å²) in [6.07, 6.45) is -0.548. The van der Waals surface area contributed by atoms with E-state index in [1.54, 1.807) is 17.4 Å². The topological polar surface area (TPSA) is 56.0 Å². The molecule has 1 aromatic heterocycles. The molecule has 0 bridgehead atoms. The molecule has 2 N–H and O–H groups in total. The first kappa shape index (κ1) is 11.6. The molecule has 0 aliphatic heterocycles. The van der Waals surface area contributed by atoms with Gasteiger partial charge in [0.05, 0.1) is 17.4 Å². The van der Waals surface area contributed by atoms with Crippen LogP contribution in [0.15, 0.2) is 41.1 Å². The lowest BCUT2D eigenvalue weighted by molar-refractivity contribution is 0.192. The zero-order chi connectivity index (χ0) is 12.1. The summed E-state index contributed by atoms with van der Waals surface area (Å²) >= 11 is 1.56. The van der Waals surface area contributed by atoms with E-state index in [0.717, 1.165) is 11.3 Å². The zero-order valence-corrected chi connectivity index (χ0v) is 9.95. The van der Waals surface area contributed by atoms with Crippen LogP contribution in [0.2, 0.25) is 0 Å². The van der Waals surface area contributed by atoms with Crippen LogP contribution in [-0.4, -0.2) is 11.7 Å². The molecule has 0 spiro atoms. The van der Waals surface area contributed by atoms with Gasteiger partial charge in [-0.05, 0) is 34.5 Å². The van der Waals surface area contributed by atoms with E-state index < -0.39 is 6.10 Å². The second-order valence-electron chi connectivity index (χ2n) is 3.61. The molecule has 3 nitrogen and oxygen atoms in total. The molecule has 86 valence electrons. The van der Waals surface area contributed by atoms with Crippen molar-refractivity contribution >= 4 is 17.0 Å². The van der Waals surface area contributed by atoms with Crippen LogP contribution < -0.4 is 5.32 Å². The second kappa shape index (κ2) is 5.48. The predicted molar refractivity (Wildman–Crippen MR) is 68.9 cm³/mol. The number of nitrogens with zero attached hydrogens (tertiary/aromatic N) is 1. The van der Waals surface area contributed by atoms with E-state index in [-0.39, 0.29) is 0 Å². The van der Waals surface area contributed by atoms with Crippen LogP contribution in [0.5, 0.6) is 0 Å². The van der Waals surface area contributed by atoms with Crippen molar-refractivity contribution in [2.24, 2.45) is 0 Å². The van der Waals surface area contributed by atoms with Gasteiger partial charge in [-0.2, -0.15) is 16.6 Å². The summed E-state index contributed by atoms with van der Waals surface area (Å²) in [6.45, 7) is 0.398. The summed E-state index contributed by atoms with van der Waals surface area (Å²) in [6, 6.07) is 11.3. The van der Waals surface area contributed by atoms with E-state index in [4.69, 9.17) is 5.26 Å². The molecule has 1 aromatic carbocycles. The summed E-state index contributed by atoms with van der Waals surface area (Å²) < 4.78 is 0. The summed E-state index contributed by atoms with van der Waals surface area (Å²) in [4.78, 5) is 0. The molecule has 17 heavy (non-hydrogen) atoms. The highest BCUT2D eigenvalue weighted by molar-refractivity contribution is 7.07. The summed E-state index contributed by atoms with van der Waals surface area (Å²) in [5.74, 6) is 0. The van der Waals surface area contributed by atoms with Gasteiger partial charge in [0, 0.05) is 6.54 Å². The van der Waals surface area contributed by atoms with Crippen LogP contribution in [0.3, 0.4) is 0 Å². The van der Waals surface area contributed by atoms with Gasteiger partial charge in [-0.15, -0.1) is 0 Å². The van der Waals surface area contributed by atoms with Crippen molar-refractivity contribution in [3.8, 4) is 6.07 Å². The molecule has 0 aliphatic rings. The molecular weight excluding hydrogens is 232 g/mol. The van der Waals surface area contributed by atoms with Gasteiger partial charge in [0.2, 0.25) is 0 Å². The highest BCUT2D eigenvalue weighted by Gasteiger charge is 2.08. The second-order valence-corrected chi connectivity index (χ2v) is 4.39. The third-order valence-corrected chi connectivity index (χ3v) is 3.16. The van der Waals surface area contributed by atoms with E-state index in [1.807, 2.05) is 35.0 Å². The van der Waals surface area contributed by atoms with E-state index in [9.17, 15) is 5.11 Å². The third-order valence-electron chi connectivity index (χ3n) is 2.46. The Morgan fingerprint density at radius 3 is 2.88 bits per heavy atom.